The van der Waals surface area contributed by atoms with Crippen molar-refractivity contribution in [2.75, 3.05) is 5.73 Å². The van der Waals surface area contributed by atoms with Gasteiger partial charge in [-0.15, -0.1) is 0 Å². The van der Waals surface area contributed by atoms with Crippen LogP contribution in [-0.4, -0.2) is 20.5 Å². The molecular weight excluding hydrogens is 204 g/mol. The second-order valence-corrected chi connectivity index (χ2v) is 3.58. The lowest BCUT2D eigenvalue weighted by molar-refractivity contribution is 0.0993. The monoisotopic (exact) mass is 216 g/mol. The van der Waals surface area contributed by atoms with Gasteiger partial charge in [-0.05, 0) is 6.07 Å². The number of rotatable bonds is 3. The van der Waals surface area contributed by atoms with Crippen LogP contribution in [0.25, 0.3) is 0 Å². The lowest BCUT2D eigenvalue weighted by atomic mass is 10.1. The average molecular weight is 216 g/mol. The Morgan fingerprint density at radius 1 is 1.50 bits per heavy atom. The molecule has 0 radical (unpaired) electrons. The summed E-state index contributed by atoms with van der Waals surface area (Å²) in [6.45, 7) is 0. The van der Waals surface area contributed by atoms with Crippen LogP contribution in [0.4, 0.5) is 5.69 Å². The molecule has 16 heavy (non-hydrogen) atoms. The first kappa shape index (κ1) is 10.4. The first-order valence-electron chi connectivity index (χ1n) is 4.87. The topological polar surface area (TPSA) is 73.8 Å². The smallest absolute Gasteiger partial charge is 0.170 e. The number of nitrogens with zero attached hydrogens (tertiary/aromatic N) is 3. The standard InChI is InChI=1S/C11H12N4O/c1-15-7-9(6-14-15)11(16)4-8-5-13-3-2-10(8)12/h2-3,5-7H,4H2,1H3,(H2,12,13). The number of nitrogens with two attached hydrogens (primary N) is 1. The van der Waals surface area contributed by atoms with E-state index in [1.54, 1.807) is 42.6 Å². The molecule has 5 heteroatoms. The quantitative estimate of drug-likeness (QED) is 0.771. The van der Waals surface area contributed by atoms with Crippen LogP contribution in [0.15, 0.2) is 30.9 Å². The van der Waals surface area contributed by atoms with Crippen LogP contribution in [0.1, 0.15) is 15.9 Å². The molecule has 0 saturated heterocycles. The van der Waals surface area contributed by atoms with Gasteiger partial charge in [0.05, 0.1) is 11.8 Å². The molecule has 2 aromatic heterocycles. The average Bonchev–Trinajstić information content (AvgIpc) is 2.68. The Hall–Kier alpha value is -2.17. The fourth-order valence-electron chi connectivity index (χ4n) is 1.43. The van der Waals surface area contributed by atoms with Crippen molar-refractivity contribution in [3.05, 3.63) is 42.0 Å². The van der Waals surface area contributed by atoms with Gasteiger partial charge in [-0.2, -0.15) is 5.10 Å². The van der Waals surface area contributed by atoms with Gasteiger partial charge in [-0.25, -0.2) is 0 Å². The van der Waals surface area contributed by atoms with Gasteiger partial charge in [0.25, 0.3) is 0 Å². The second-order valence-electron chi connectivity index (χ2n) is 3.58. The van der Waals surface area contributed by atoms with E-state index in [1.807, 2.05) is 0 Å². The largest absolute Gasteiger partial charge is 0.398 e. The molecule has 0 bridgehead atoms. The number of Topliss-reactive ketones (excluding diaryl/α,β-unsaturated/α-hetero) is 1. The Morgan fingerprint density at radius 3 is 2.94 bits per heavy atom. The van der Waals surface area contributed by atoms with Crippen LogP contribution in [0.2, 0.25) is 0 Å². The maximum absolute atomic E-state index is 11.8. The Bertz CT molecular complexity index is 518. The number of aryl methyl sites for hydroxylation is 1. The van der Waals surface area contributed by atoms with E-state index in [2.05, 4.69) is 10.1 Å². The maximum Gasteiger partial charge on any atom is 0.170 e. The third-order valence-corrected chi connectivity index (χ3v) is 2.32. The third kappa shape index (κ3) is 2.08. The number of carbonyl (C=O) groups is 1. The molecule has 0 saturated carbocycles. The predicted molar refractivity (Wildman–Crippen MR) is 59.9 cm³/mol. The van der Waals surface area contributed by atoms with Gasteiger partial charge in [-0.1, -0.05) is 0 Å². The summed E-state index contributed by atoms with van der Waals surface area (Å²) in [4.78, 5) is 15.8. The minimum absolute atomic E-state index is 0.00667. The molecular formula is C11H12N4O. The molecule has 2 rings (SSSR count). The molecule has 2 heterocycles. The minimum Gasteiger partial charge on any atom is -0.398 e. The SMILES string of the molecule is Cn1cc(C(=O)Cc2cnccc2N)cn1. The molecule has 0 aliphatic rings. The zero-order valence-corrected chi connectivity index (χ0v) is 8.92. The van der Waals surface area contributed by atoms with Crippen molar-refractivity contribution in [1.29, 1.82) is 0 Å². The number of anilines is 1. The van der Waals surface area contributed by atoms with Crippen molar-refractivity contribution in [2.24, 2.45) is 7.05 Å². The van der Waals surface area contributed by atoms with Crippen LogP contribution < -0.4 is 5.73 Å². The van der Waals surface area contributed by atoms with Gasteiger partial charge < -0.3 is 5.73 Å². The van der Waals surface area contributed by atoms with Crippen molar-refractivity contribution in [3.8, 4) is 0 Å². The van der Waals surface area contributed by atoms with E-state index in [-0.39, 0.29) is 12.2 Å². The van der Waals surface area contributed by atoms with E-state index in [4.69, 9.17) is 5.73 Å². The van der Waals surface area contributed by atoms with Crippen molar-refractivity contribution in [3.63, 3.8) is 0 Å². The van der Waals surface area contributed by atoms with E-state index in [0.717, 1.165) is 5.56 Å². The first-order valence-corrected chi connectivity index (χ1v) is 4.87. The number of pyridine rings is 1. The maximum atomic E-state index is 11.8. The van der Waals surface area contributed by atoms with Crippen LogP contribution in [-0.2, 0) is 13.5 Å². The Labute approximate surface area is 92.9 Å². The number of aromatic nitrogens is 3. The van der Waals surface area contributed by atoms with Gasteiger partial charge in [0, 0.05) is 43.3 Å². The van der Waals surface area contributed by atoms with Crippen LogP contribution in [0.5, 0.6) is 0 Å². The highest BCUT2D eigenvalue weighted by atomic mass is 16.1. The number of carbonyl (C=O) groups excluding carboxylic acids is 1. The van der Waals surface area contributed by atoms with Crippen molar-refractivity contribution in [2.45, 2.75) is 6.42 Å². The number of hydrogen-bond donors (Lipinski definition) is 1. The van der Waals surface area contributed by atoms with E-state index >= 15 is 0 Å². The van der Waals surface area contributed by atoms with Gasteiger partial charge >= 0.3 is 0 Å². The summed E-state index contributed by atoms with van der Waals surface area (Å²) < 4.78 is 1.60. The highest BCUT2D eigenvalue weighted by Gasteiger charge is 2.10. The fourth-order valence-corrected chi connectivity index (χ4v) is 1.43. The summed E-state index contributed by atoms with van der Waals surface area (Å²) in [7, 11) is 1.77. The molecule has 0 aliphatic carbocycles. The summed E-state index contributed by atoms with van der Waals surface area (Å²) in [5.41, 5.74) is 7.66. The third-order valence-electron chi connectivity index (χ3n) is 2.32. The van der Waals surface area contributed by atoms with Gasteiger partial charge in [-0.3, -0.25) is 14.5 Å². The number of hydrogen-bond acceptors (Lipinski definition) is 4. The first-order chi connectivity index (χ1) is 7.66. The Kier molecular flexibility index (Phi) is 2.68. The summed E-state index contributed by atoms with van der Waals surface area (Å²) in [5, 5.41) is 3.95. The molecule has 82 valence electrons. The lowest BCUT2D eigenvalue weighted by Gasteiger charge is -2.02. The molecule has 0 spiro atoms. The van der Waals surface area contributed by atoms with Crippen molar-refractivity contribution < 1.29 is 4.79 Å². The lowest BCUT2D eigenvalue weighted by Crippen LogP contribution is -2.05. The molecule has 0 aromatic carbocycles. The zero-order valence-electron chi connectivity index (χ0n) is 8.92. The minimum atomic E-state index is -0.00667. The Balaban J connectivity index is 2.17. The summed E-state index contributed by atoms with van der Waals surface area (Å²) >= 11 is 0. The van der Waals surface area contributed by atoms with Crippen molar-refractivity contribution in [1.82, 2.24) is 14.8 Å². The molecule has 0 atom stereocenters. The highest BCUT2D eigenvalue weighted by Crippen LogP contribution is 2.12. The molecule has 0 fully saturated rings. The number of nitrogen functional groups attached to an aromatic ring is 1. The normalized spacial score (nSPS) is 10.3. The van der Waals surface area contributed by atoms with Crippen LogP contribution in [0, 0.1) is 0 Å². The molecule has 2 aromatic rings. The van der Waals surface area contributed by atoms with Gasteiger partial charge in [0.15, 0.2) is 5.78 Å². The molecule has 0 unspecified atom stereocenters. The molecule has 0 amide bonds. The van der Waals surface area contributed by atoms with Gasteiger partial charge in [0.1, 0.15) is 0 Å². The molecule has 2 N–H and O–H groups in total. The number of ketones is 1. The van der Waals surface area contributed by atoms with E-state index in [9.17, 15) is 4.79 Å². The fraction of sp³-hybridized carbons (Fsp3) is 0.182. The van der Waals surface area contributed by atoms with E-state index in [1.165, 1.54) is 0 Å². The van der Waals surface area contributed by atoms with Gasteiger partial charge in [0.2, 0.25) is 0 Å². The summed E-state index contributed by atoms with van der Waals surface area (Å²) in [6, 6.07) is 1.69. The zero-order chi connectivity index (χ0) is 11.5. The van der Waals surface area contributed by atoms with E-state index in [0.29, 0.717) is 11.3 Å². The second kappa shape index (κ2) is 4.14. The highest BCUT2D eigenvalue weighted by molar-refractivity contribution is 5.97. The van der Waals surface area contributed by atoms with E-state index < -0.39 is 0 Å². The summed E-state index contributed by atoms with van der Waals surface area (Å²) in [6.07, 6.45) is 6.71. The predicted octanol–water partition coefficient (Wildman–Crippen LogP) is 0.823. The van der Waals surface area contributed by atoms with Crippen LogP contribution in [0.3, 0.4) is 0 Å². The molecule has 0 aliphatic heterocycles. The Morgan fingerprint density at radius 2 is 2.31 bits per heavy atom. The molecule has 5 nitrogen and oxygen atoms in total. The summed E-state index contributed by atoms with van der Waals surface area (Å²) in [5.74, 6) is -0.00667. The van der Waals surface area contributed by atoms with Crippen LogP contribution >= 0.6 is 0 Å². The van der Waals surface area contributed by atoms with Crippen molar-refractivity contribution >= 4 is 11.5 Å².